The van der Waals surface area contributed by atoms with E-state index < -0.39 is 15.5 Å². The first-order valence-corrected chi connectivity index (χ1v) is 11.8. The van der Waals surface area contributed by atoms with Gasteiger partial charge in [-0.1, -0.05) is 38.5 Å². The van der Waals surface area contributed by atoms with Gasteiger partial charge < -0.3 is 10.6 Å². The van der Waals surface area contributed by atoms with Crippen LogP contribution in [-0.4, -0.2) is 56.4 Å². The summed E-state index contributed by atoms with van der Waals surface area (Å²) in [4.78, 5) is 4.56. The molecule has 29 heavy (non-hydrogen) atoms. The second-order valence-electron chi connectivity index (χ2n) is 7.68. The van der Waals surface area contributed by atoms with Crippen molar-refractivity contribution < 1.29 is 21.6 Å². The van der Waals surface area contributed by atoms with Crippen LogP contribution in [0.15, 0.2) is 4.99 Å². The van der Waals surface area contributed by atoms with Crippen LogP contribution < -0.4 is 10.6 Å². The van der Waals surface area contributed by atoms with E-state index in [9.17, 15) is 21.6 Å². The summed E-state index contributed by atoms with van der Waals surface area (Å²) in [6.45, 7) is 3.08. The van der Waals surface area contributed by atoms with Gasteiger partial charge in [0.1, 0.15) is 0 Å². The fourth-order valence-corrected chi connectivity index (χ4v) is 4.92. The summed E-state index contributed by atoms with van der Waals surface area (Å²) in [6, 6.07) is -0.0871. The maximum absolute atomic E-state index is 12.7. The molecule has 1 heterocycles. The molecule has 0 atom stereocenters. The van der Waals surface area contributed by atoms with Crippen molar-refractivity contribution in [3.63, 3.8) is 0 Å². The van der Waals surface area contributed by atoms with E-state index in [0.29, 0.717) is 36.2 Å². The topological polar surface area (TPSA) is 73.8 Å². The summed E-state index contributed by atoms with van der Waals surface area (Å²) in [6.07, 6.45) is 9.54. The molecule has 0 aromatic heterocycles. The van der Waals surface area contributed by atoms with E-state index in [-0.39, 0.29) is 43.1 Å². The number of alkyl halides is 3. The minimum absolute atomic E-state index is 0. The lowest BCUT2D eigenvalue weighted by Gasteiger charge is -2.32. The lowest BCUT2D eigenvalue weighted by molar-refractivity contribution is -0.0494. The molecule has 0 aromatic rings. The van der Waals surface area contributed by atoms with E-state index in [2.05, 4.69) is 15.6 Å². The van der Waals surface area contributed by atoms with Crippen molar-refractivity contribution in [2.24, 2.45) is 10.9 Å². The fraction of sp³-hybridized carbons (Fsp3) is 0.944. The van der Waals surface area contributed by atoms with Crippen molar-refractivity contribution in [3.05, 3.63) is 0 Å². The van der Waals surface area contributed by atoms with Crippen LogP contribution >= 0.6 is 24.0 Å². The Morgan fingerprint density at radius 2 is 1.72 bits per heavy atom. The molecular weight excluding hydrogens is 520 g/mol. The minimum atomic E-state index is -5.23. The first-order chi connectivity index (χ1) is 13.2. The molecule has 1 aliphatic heterocycles. The highest BCUT2D eigenvalue weighted by molar-refractivity contribution is 14.0. The molecule has 2 fully saturated rings. The zero-order chi connectivity index (χ0) is 20.6. The smallest absolute Gasteiger partial charge is 0.357 e. The molecule has 2 rings (SSSR count). The van der Waals surface area contributed by atoms with Crippen molar-refractivity contribution >= 4 is 40.0 Å². The van der Waals surface area contributed by atoms with Gasteiger partial charge in [0.25, 0.3) is 0 Å². The Morgan fingerprint density at radius 3 is 2.28 bits per heavy atom. The molecule has 172 valence electrons. The molecule has 11 heteroatoms. The molecule has 1 aliphatic carbocycles. The Hall–Kier alpha value is -0.300. The molecule has 0 spiro atoms. The highest BCUT2D eigenvalue weighted by atomic mass is 127. The van der Waals surface area contributed by atoms with E-state index in [1.54, 1.807) is 0 Å². The van der Waals surface area contributed by atoms with E-state index in [4.69, 9.17) is 0 Å². The molecule has 0 radical (unpaired) electrons. The Kier molecular flexibility index (Phi) is 11.6. The summed E-state index contributed by atoms with van der Waals surface area (Å²) >= 11 is 0. The number of rotatable bonds is 8. The Bertz CT molecular complexity index is 603. The number of hydrogen-bond donors (Lipinski definition) is 2. The second-order valence-corrected chi connectivity index (χ2v) is 9.60. The van der Waals surface area contributed by atoms with Gasteiger partial charge >= 0.3 is 15.5 Å². The highest BCUT2D eigenvalue weighted by Crippen LogP contribution is 2.29. The summed E-state index contributed by atoms with van der Waals surface area (Å²) in [7, 11) is -5.23. The van der Waals surface area contributed by atoms with Crippen LogP contribution in [0.5, 0.6) is 0 Å². The quantitative estimate of drug-likeness (QED) is 0.207. The highest BCUT2D eigenvalue weighted by Gasteiger charge is 2.50. The molecule has 0 amide bonds. The third-order valence-electron chi connectivity index (χ3n) is 5.54. The van der Waals surface area contributed by atoms with Crippen LogP contribution in [-0.2, 0) is 10.0 Å². The lowest BCUT2D eigenvalue weighted by Crippen LogP contribution is -2.51. The van der Waals surface area contributed by atoms with E-state index in [1.807, 2.05) is 6.92 Å². The number of unbranched alkanes of at least 4 members (excludes halogenated alkanes) is 1. The van der Waals surface area contributed by atoms with Gasteiger partial charge in [-0.05, 0) is 32.1 Å². The summed E-state index contributed by atoms with van der Waals surface area (Å²) in [5.41, 5.74) is -5.23. The summed E-state index contributed by atoms with van der Waals surface area (Å²) in [5.74, 6) is 1.54. The number of hydrogen-bond acceptors (Lipinski definition) is 3. The standard InChI is InChI=1S/C18H33F3N4O2S.HI/c1-2-22-17(23-12-6-5-9-15-7-3-4-8-15)24-16-10-13-25(14-11-16)28(26,27)18(19,20)21;/h15-16H,2-14H2,1H3,(H2,22,23,24);1H. The van der Waals surface area contributed by atoms with Crippen molar-refractivity contribution in [1.82, 2.24) is 14.9 Å². The van der Waals surface area contributed by atoms with Crippen LogP contribution in [0.4, 0.5) is 13.2 Å². The molecule has 2 N–H and O–H groups in total. The minimum Gasteiger partial charge on any atom is -0.357 e. The van der Waals surface area contributed by atoms with Crippen molar-refractivity contribution in [3.8, 4) is 0 Å². The van der Waals surface area contributed by atoms with Gasteiger partial charge in [-0.25, -0.2) is 8.42 Å². The molecule has 0 aromatic carbocycles. The zero-order valence-corrected chi connectivity index (χ0v) is 20.2. The normalized spacial score (nSPS) is 20.5. The van der Waals surface area contributed by atoms with Crippen LogP contribution in [0.2, 0.25) is 0 Å². The van der Waals surface area contributed by atoms with Gasteiger partial charge in [0.05, 0.1) is 0 Å². The number of piperidine rings is 1. The van der Waals surface area contributed by atoms with Gasteiger partial charge in [-0.15, -0.1) is 24.0 Å². The maximum atomic E-state index is 12.7. The van der Waals surface area contributed by atoms with Crippen molar-refractivity contribution in [2.75, 3.05) is 26.2 Å². The predicted molar refractivity (Wildman–Crippen MR) is 120 cm³/mol. The second kappa shape index (κ2) is 12.5. The number of guanidine groups is 1. The average molecular weight is 554 g/mol. The van der Waals surface area contributed by atoms with E-state index >= 15 is 0 Å². The Morgan fingerprint density at radius 1 is 1.10 bits per heavy atom. The maximum Gasteiger partial charge on any atom is 0.511 e. The van der Waals surface area contributed by atoms with Gasteiger partial charge in [0.15, 0.2) is 5.96 Å². The number of sulfonamides is 1. The van der Waals surface area contributed by atoms with Crippen LogP contribution in [0.25, 0.3) is 0 Å². The van der Waals surface area contributed by atoms with Crippen LogP contribution in [0, 0.1) is 5.92 Å². The monoisotopic (exact) mass is 554 g/mol. The SMILES string of the molecule is CCNC(=NCCCCC1CCCC1)NC1CCN(S(=O)(=O)C(F)(F)F)CC1.I. The summed E-state index contributed by atoms with van der Waals surface area (Å²) < 4.78 is 61.4. The van der Waals surface area contributed by atoms with Gasteiger partial charge in [-0.3, -0.25) is 4.99 Å². The van der Waals surface area contributed by atoms with Crippen molar-refractivity contribution in [1.29, 1.82) is 0 Å². The lowest BCUT2D eigenvalue weighted by atomic mass is 10.0. The molecule has 1 saturated heterocycles. The predicted octanol–water partition coefficient (Wildman–Crippen LogP) is 3.83. The molecule has 0 unspecified atom stereocenters. The molecule has 6 nitrogen and oxygen atoms in total. The molecule has 0 bridgehead atoms. The fourth-order valence-electron chi connectivity index (χ4n) is 3.93. The largest absolute Gasteiger partial charge is 0.511 e. The van der Waals surface area contributed by atoms with Crippen LogP contribution in [0.1, 0.15) is 64.7 Å². The van der Waals surface area contributed by atoms with Gasteiger partial charge in [0.2, 0.25) is 0 Å². The number of nitrogens with one attached hydrogen (secondary N) is 2. The third kappa shape index (κ3) is 8.39. The van der Waals surface area contributed by atoms with Gasteiger partial charge in [0, 0.05) is 32.2 Å². The zero-order valence-electron chi connectivity index (χ0n) is 17.0. The van der Waals surface area contributed by atoms with Gasteiger partial charge in [-0.2, -0.15) is 17.5 Å². The first-order valence-electron chi connectivity index (χ1n) is 10.3. The van der Waals surface area contributed by atoms with Crippen molar-refractivity contribution in [2.45, 2.75) is 76.3 Å². The first kappa shape index (κ1) is 26.7. The molecule has 2 aliphatic rings. The average Bonchev–Trinajstić information content (AvgIpc) is 3.14. The van der Waals surface area contributed by atoms with E-state index in [0.717, 1.165) is 12.3 Å². The Labute approximate surface area is 189 Å². The number of halogens is 4. The molecular formula is C18H34F3IN4O2S. The molecule has 1 saturated carbocycles. The van der Waals surface area contributed by atoms with Crippen LogP contribution in [0.3, 0.4) is 0 Å². The number of aliphatic imine (C=N–C) groups is 1. The number of nitrogens with zero attached hydrogens (tertiary/aromatic N) is 2. The summed E-state index contributed by atoms with van der Waals surface area (Å²) in [5, 5.41) is 6.39. The third-order valence-corrected chi connectivity index (χ3v) is 7.17. The Balaban J connectivity index is 0.00000420. The van der Waals surface area contributed by atoms with E-state index in [1.165, 1.54) is 38.5 Å².